The van der Waals surface area contributed by atoms with Crippen LogP contribution in [0, 0.1) is 17.1 Å². The van der Waals surface area contributed by atoms with E-state index in [0.717, 1.165) is 0 Å². The Labute approximate surface area is 84.6 Å². The van der Waals surface area contributed by atoms with Crippen LogP contribution in [-0.4, -0.2) is 4.98 Å². The van der Waals surface area contributed by atoms with Crippen LogP contribution in [0.5, 0.6) is 0 Å². The molecule has 0 atom stereocenters. The van der Waals surface area contributed by atoms with Gasteiger partial charge in [0, 0.05) is 5.39 Å². The average Bonchev–Trinajstić information content (AvgIpc) is 2.17. The van der Waals surface area contributed by atoms with E-state index in [2.05, 4.69) is 4.98 Å². The van der Waals surface area contributed by atoms with Gasteiger partial charge in [-0.1, -0.05) is 11.6 Å². The maximum atomic E-state index is 13.1. The number of rotatable bonds is 0. The van der Waals surface area contributed by atoms with Crippen molar-refractivity contribution in [3.8, 4) is 6.07 Å². The summed E-state index contributed by atoms with van der Waals surface area (Å²) in [6.07, 6.45) is 0. The highest BCUT2D eigenvalue weighted by Gasteiger charge is 2.08. The zero-order chi connectivity index (χ0) is 10.1. The summed E-state index contributed by atoms with van der Waals surface area (Å²) in [5.41, 5.74) is 0.241. The van der Waals surface area contributed by atoms with Gasteiger partial charge in [0.25, 0.3) is 0 Å². The summed E-state index contributed by atoms with van der Waals surface area (Å²) in [5, 5.41) is 9.69. The molecule has 0 bridgehead atoms. The molecule has 0 aliphatic rings. The summed E-state index contributed by atoms with van der Waals surface area (Å²) in [5.74, 6) is -0.574. The van der Waals surface area contributed by atoms with E-state index >= 15 is 0 Å². The van der Waals surface area contributed by atoms with Gasteiger partial charge >= 0.3 is 0 Å². The smallest absolute Gasteiger partial charge is 0.143 e. The molecule has 0 spiro atoms. The average molecular weight is 207 g/mol. The van der Waals surface area contributed by atoms with Gasteiger partial charge < -0.3 is 0 Å². The number of halogens is 2. The maximum absolute atomic E-state index is 13.1. The van der Waals surface area contributed by atoms with Crippen molar-refractivity contribution in [2.24, 2.45) is 0 Å². The first-order chi connectivity index (χ1) is 6.72. The highest BCUT2D eigenvalue weighted by atomic mass is 35.5. The number of nitriles is 1. The highest BCUT2D eigenvalue weighted by molar-refractivity contribution is 6.29. The van der Waals surface area contributed by atoms with Gasteiger partial charge in [0.1, 0.15) is 22.6 Å². The van der Waals surface area contributed by atoms with E-state index in [1.54, 1.807) is 24.3 Å². The van der Waals surface area contributed by atoms with E-state index in [0.29, 0.717) is 10.9 Å². The van der Waals surface area contributed by atoms with Gasteiger partial charge in [-0.05, 0) is 24.3 Å². The maximum Gasteiger partial charge on any atom is 0.143 e. The summed E-state index contributed by atoms with van der Waals surface area (Å²) in [7, 11) is 0. The number of benzene rings is 1. The van der Waals surface area contributed by atoms with Crippen LogP contribution in [0.1, 0.15) is 5.56 Å². The first-order valence-electron chi connectivity index (χ1n) is 3.87. The number of fused-ring (bicyclic) bond motifs is 1. The fourth-order valence-corrected chi connectivity index (χ4v) is 1.39. The van der Waals surface area contributed by atoms with Crippen molar-refractivity contribution in [1.29, 1.82) is 5.26 Å². The highest BCUT2D eigenvalue weighted by Crippen LogP contribution is 2.20. The van der Waals surface area contributed by atoms with Crippen LogP contribution < -0.4 is 0 Å². The van der Waals surface area contributed by atoms with Crippen molar-refractivity contribution in [2.75, 3.05) is 0 Å². The molecule has 68 valence electrons. The van der Waals surface area contributed by atoms with Crippen LogP contribution >= 0.6 is 11.6 Å². The zero-order valence-electron chi connectivity index (χ0n) is 6.96. The quantitative estimate of drug-likeness (QED) is 0.622. The van der Waals surface area contributed by atoms with Crippen molar-refractivity contribution in [1.82, 2.24) is 4.98 Å². The second-order valence-electron chi connectivity index (χ2n) is 2.74. The van der Waals surface area contributed by atoms with E-state index in [9.17, 15) is 4.39 Å². The lowest BCUT2D eigenvalue weighted by Crippen LogP contribution is -1.89. The summed E-state index contributed by atoms with van der Waals surface area (Å²) in [4.78, 5) is 3.91. The normalized spacial score (nSPS) is 10.1. The Balaban J connectivity index is 2.93. The molecule has 1 aromatic heterocycles. The second-order valence-corrected chi connectivity index (χ2v) is 3.13. The molecule has 2 rings (SSSR count). The van der Waals surface area contributed by atoms with Crippen molar-refractivity contribution in [2.45, 2.75) is 0 Å². The second kappa shape index (κ2) is 3.24. The number of hydrogen-bond donors (Lipinski definition) is 0. The van der Waals surface area contributed by atoms with Crippen LogP contribution in [0.3, 0.4) is 0 Å². The number of pyridine rings is 1. The number of nitrogens with zero attached hydrogens (tertiary/aromatic N) is 2. The molecule has 0 saturated carbocycles. The van der Waals surface area contributed by atoms with E-state index in [4.69, 9.17) is 16.9 Å². The van der Waals surface area contributed by atoms with Crippen molar-refractivity contribution < 1.29 is 4.39 Å². The Kier molecular flexibility index (Phi) is 2.06. The molecule has 0 amide bonds. The predicted molar refractivity (Wildman–Crippen MR) is 51.4 cm³/mol. The lowest BCUT2D eigenvalue weighted by molar-refractivity contribution is 0.625. The molecule has 0 aliphatic carbocycles. The SMILES string of the molecule is N#Cc1c(F)ccc2ccc(Cl)nc12. The van der Waals surface area contributed by atoms with Crippen LogP contribution in [0.15, 0.2) is 24.3 Å². The van der Waals surface area contributed by atoms with Crippen molar-refractivity contribution >= 4 is 22.5 Å². The molecule has 0 unspecified atom stereocenters. The molecule has 0 saturated heterocycles. The molecule has 1 aromatic carbocycles. The summed E-state index contributed by atoms with van der Waals surface area (Å²) in [6, 6.07) is 7.88. The molecule has 4 heteroatoms. The van der Waals surface area contributed by atoms with Crippen LogP contribution in [-0.2, 0) is 0 Å². The lowest BCUT2D eigenvalue weighted by atomic mass is 10.1. The van der Waals surface area contributed by atoms with E-state index in [-0.39, 0.29) is 10.7 Å². The Hall–Kier alpha value is -1.66. The Bertz CT molecular complexity index is 540. The standard InChI is InChI=1S/C10H4ClFN2/c11-9-4-2-6-1-3-8(12)7(5-13)10(6)14-9/h1-4H. The summed E-state index contributed by atoms with van der Waals surface area (Å²) in [6.45, 7) is 0. The predicted octanol–water partition coefficient (Wildman–Crippen LogP) is 2.90. The third-order valence-corrected chi connectivity index (χ3v) is 2.10. The number of hydrogen-bond acceptors (Lipinski definition) is 2. The first kappa shape index (κ1) is 8.92. The molecule has 2 aromatic rings. The van der Waals surface area contributed by atoms with Gasteiger partial charge in [0.2, 0.25) is 0 Å². The van der Waals surface area contributed by atoms with E-state index < -0.39 is 5.82 Å². The molecule has 14 heavy (non-hydrogen) atoms. The summed E-state index contributed by atoms with van der Waals surface area (Å²) >= 11 is 5.66. The molecular formula is C10H4ClFN2. The monoisotopic (exact) mass is 206 g/mol. The Morgan fingerprint density at radius 1 is 1.29 bits per heavy atom. The molecule has 1 heterocycles. The van der Waals surface area contributed by atoms with E-state index in [1.807, 2.05) is 0 Å². The first-order valence-corrected chi connectivity index (χ1v) is 4.25. The van der Waals surface area contributed by atoms with Gasteiger partial charge in [0.15, 0.2) is 0 Å². The molecule has 2 nitrogen and oxygen atoms in total. The lowest BCUT2D eigenvalue weighted by Gasteiger charge is -2.00. The molecular weight excluding hydrogens is 203 g/mol. The Morgan fingerprint density at radius 2 is 2.00 bits per heavy atom. The molecule has 0 radical (unpaired) electrons. The van der Waals surface area contributed by atoms with E-state index in [1.165, 1.54) is 6.07 Å². The zero-order valence-corrected chi connectivity index (χ0v) is 7.72. The third-order valence-electron chi connectivity index (χ3n) is 1.89. The molecule has 0 N–H and O–H groups in total. The topological polar surface area (TPSA) is 36.7 Å². The minimum Gasteiger partial charge on any atom is -0.235 e. The van der Waals surface area contributed by atoms with Crippen LogP contribution in [0.2, 0.25) is 5.15 Å². The van der Waals surface area contributed by atoms with Crippen LogP contribution in [0.25, 0.3) is 10.9 Å². The molecule has 0 aliphatic heterocycles. The summed E-state index contributed by atoms with van der Waals surface area (Å²) < 4.78 is 13.1. The van der Waals surface area contributed by atoms with Gasteiger partial charge in [-0.25, -0.2) is 9.37 Å². The Morgan fingerprint density at radius 3 is 2.71 bits per heavy atom. The third kappa shape index (κ3) is 1.30. The van der Waals surface area contributed by atoms with Crippen molar-refractivity contribution in [3.63, 3.8) is 0 Å². The van der Waals surface area contributed by atoms with Crippen LogP contribution in [0.4, 0.5) is 4.39 Å². The van der Waals surface area contributed by atoms with Gasteiger partial charge in [-0.3, -0.25) is 0 Å². The fraction of sp³-hybridized carbons (Fsp3) is 0. The minimum atomic E-state index is -0.574. The van der Waals surface area contributed by atoms with Crippen molar-refractivity contribution in [3.05, 3.63) is 40.8 Å². The van der Waals surface area contributed by atoms with Gasteiger partial charge in [-0.15, -0.1) is 0 Å². The largest absolute Gasteiger partial charge is 0.235 e. The molecule has 0 fully saturated rings. The fourth-order valence-electron chi connectivity index (χ4n) is 1.25. The van der Waals surface area contributed by atoms with Gasteiger partial charge in [-0.2, -0.15) is 5.26 Å². The van der Waals surface area contributed by atoms with Gasteiger partial charge in [0.05, 0.1) is 5.52 Å². The number of aromatic nitrogens is 1. The minimum absolute atomic E-state index is 0.0648.